The SMILES string of the molecule is COc1ccc(CCNC(=O)Nc2cc(-c3ccccc3)n(C)n2)cc1. The Labute approximate surface area is 152 Å². The first-order chi connectivity index (χ1) is 12.7. The molecule has 3 aromatic rings. The molecule has 0 bridgehead atoms. The van der Waals surface area contributed by atoms with E-state index in [9.17, 15) is 4.79 Å². The third-order valence-corrected chi connectivity index (χ3v) is 4.05. The Bertz CT molecular complexity index is 857. The molecule has 0 atom stereocenters. The Hall–Kier alpha value is -3.28. The van der Waals surface area contributed by atoms with Gasteiger partial charge in [-0.3, -0.25) is 10.00 Å². The molecule has 26 heavy (non-hydrogen) atoms. The molecule has 0 saturated heterocycles. The van der Waals surface area contributed by atoms with Crippen LogP contribution in [-0.2, 0) is 13.5 Å². The summed E-state index contributed by atoms with van der Waals surface area (Å²) in [5, 5.41) is 9.96. The predicted octanol–water partition coefficient (Wildman–Crippen LogP) is 3.46. The number of methoxy groups -OCH3 is 1. The fourth-order valence-electron chi connectivity index (χ4n) is 2.68. The number of carbonyl (C=O) groups is 1. The number of hydrogen-bond donors (Lipinski definition) is 2. The standard InChI is InChI=1S/C20H22N4O2/c1-24-18(16-6-4-3-5-7-16)14-19(23-24)22-20(25)21-13-12-15-8-10-17(26-2)11-9-15/h3-11,14H,12-13H2,1-2H3,(H2,21,22,23,25). The van der Waals surface area contributed by atoms with Crippen LogP contribution in [0.25, 0.3) is 11.3 Å². The number of hydrogen-bond acceptors (Lipinski definition) is 3. The van der Waals surface area contributed by atoms with Gasteiger partial charge in [-0.25, -0.2) is 4.79 Å². The first-order valence-electron chi connectivity index (χ1n) is 8.43. The number of nitrogens with one attached hydrogen (secondary N) is 2. The van der Waals surface area contributed by atoms with Gasteiger partial charge in [0.2, 0.25) is 0 Å². The fraction of sp³-hybridized carbons (Fsp3) is 0.200. The molecular weight excluding hydrogens is 328 g/mol. The van der Waals surface area contributed by atoms with E-state index in [1.165, 1.54) is 0 Å². The van der Waals surface area contributed by atoms with Crippen LogP contribution in [0.15, 0.2) is 60.7 Å². The van der Waals surface area contributed by atoms with Gasteiger partial charge in [0.15, 0.2) is 5.82 Å². The molecular formula is C20H22N4O2. The van der Waals surface area contributed by atoms with Gasteiger partial charge in [-0.1, -0.05) is 42.5 Å². The Morgan fingerprint density at radius 1 is 1.12 bits per heavy atom. The number of ether oxygens (including phenoxy) is 1. The summed E-state index contributed by atoms with van der Waals surface area (Å²) in [4.78, 5) is 12.1. The molecule has 0 aliphatic heterocycles. The van der Waals surface area contributed by atoms with Crippen LogP contribution in [0.4, 0.5) is 10.6 Å². The molecule has 2 amide bonds. The lowest BCUT2D eigenvalue weighted by atomic mass is 10.1. The first kappa shape index (κ1) is 17.5. The number of rotatable bonds is 6. The number of anilines is 1. The van der Waals surface area contributed by atoms with Gasteiger partial charge >= 0.3 is 6.03 Å². The summed E-state index contributed by atoms with van der Waals surface area (Å²) >= 11 is 0. The second-order valence-electron chi connectivity index (χ2n) is 5.88. The largest absolute Gasteiger partial charge is 0.497 e. The Kier molecular flexibility index (Phi) is 5.53. The quantitative estimate of drug-likeness (QED) is 0.715. The number of benzene rings is 2. The minimum absolute atomic E-state index is 0.267. The molecule has 134 valence electrons. The van der Waals surface area contributed by atoms with Crippen LogP contribution in [0.2, 0.25) is 0 Å². The summed E-state index contributed by atoms with van der Waals surface area (Å²) in [6.45, 7) is 0.538. The van der Waals surface area contributed by atoms with Gasteiger partial charge in [-0.2, -0.15) is 5.10 Å². The van der Waals surface area contributed by atoms with Crippen molar-refractivity contribution in [2.45, 2.75) is 6.42 Å². The van der Waals surface area contributed by atoms with Gasteiger partial charge in [-0.05, 0) is 29.7 Å². The van der Waals surface area contributed by atoms with E-state index >= 15 is 0 Å². The highest BCUT2D eigenvalue weighted by atomic mass is 16.5. The van der Waals surface area contributed by atoms with Crippen LogP contribution in [0, 0.1) is 0 Å². The second kappa shape index (κ2) is 8.20. The highest BCUT2D eigenvalue weighted by molar-refractivity contribution is 5.88. The van der Waals surface area contributed by atoms with E-state index in [1.54, 1.807) is 11.8 Å². The van der Waals surface area contributed by atoms with E-state index in [2.05, 4.69) is 15.7 Å². The summed E-state index contributed by atoms with van der Waals surface area (Å²) in [7, 11) is 3.50. The fourth-order valence-corrected chi connectivity index (χ4v) is 2.68. The molecule has 6 heteroatoms. The topological polar surface area (TPSA) is 68.2 Å². The van der Waals surface area contributed by atoms with Crippen molar-refractivity contribution >= 4 is 11.8 Å². The van der Waals surface area contributed by atoms with Crippen molar-refractivity contribution in [3.05, 3.63) is 66.2 Å². The first-order valence-corrected chi connectivity index (χ1v) is 8.43. The molecule has 2 N–H and O–H groups in total. The van der Waals surface area contributed by atoms with Gasteiger partial charge < -0.3 is 10.1 Å². The van der Waals surface area contributed by atoms with E-state index in [0.29, 0.717) is 12.4 Å². The van der Waals surface area contributed by atoms with E-state index in [1.807, 2.05) is 67.7 Å². The van der Waals surface area contributed by atoms with Gasteiger partial charge in [-0.15, -0.1) is 0 Å². The second-order valence-corrected chi connectivity index (χ2v) is 5.88. The van der Waals surface area contributed by atoms with Crippen LogP contribution >= 0.6 is 0 Å². The van der Waals surface area contributed by atoms with Gasteiger partial charge in [0.25, 0.3) is 0 Å². The summed E-state index contributed by atoms with van der Waals surface area (Å²) in [6.07, 6.45) is 0.745. The Morgan fingerprint density at radius 2 is 1.85 bits per heavy atom. The van der Waals surface area contributed by atoms with E-state index in [4.69, 9.17) is 4.74 Å². The number of nitrogens with zero attached hydrogens (tertiary/aromatic N) is 2. The predicted molar refractivity (Wildman–Crippen MR) is 102 cm³/mol. The van der Waals surface area contributed by atoms with E-state index < -0.39 is 0 Å². The van der Waals surface area contributed by atoms with Crippen molar-refractivity contribution in [3.63, 3.8) is 0 Å². The Balaban J connectivity index is 1.52. The minimum atomic E-state index is -0.267. The molecule has 0 radical (unpaired) electrons. The molecule has 0 spiro atoms. The molecule has 6 nitrogen and oxygen atoms in total. The molecule has 2 aromatic carbocycles. The van der Waals surface area contributed by atoms with Crippen molar-refractivity contribution in [2.24, 2.45) is 7.05 Å². The molecule has 0 aliphatic carbocycles. The van der Waals surface area contributed by atoms with Crippen LogP contribution in [-0.4, -0.2) is 29.5 Å². The van der Waals surface area contributed by atoms with Gasteiger partial charge in [0, 0.05) is 19.7 Å². The van der Waals surface area contributed by atoms with Crippen molar-refractivity contribution in [2.75, 3.05) is 19.0 Å². The minimum Gasteiger partial charge on any atom is -0.497 e. The van der Waals surface area contributed by atoms with Gasteiger partial charge in [0.1, 0.15) is 5.75 Å². The molecule has 3 rings (SSSR count). The van der Waals surface area contributed by atoms with Crippen molar-refractivity contribution in [1.82, 2.24) is 15.1 Å². The zero-order valence-electron chi connectivity index (χ0n) is 14.9. The van der Waals surface area contributed by atoms with Crippen molar-refractivity contribution in [1.29, 1.82) is 0 Å². The summed E-state index contributed by atoms with van der Waals surface area (Å²) in [5.41, 5.74) is 3.13. The van der Waals surface area contributed by atoms with Crippen molar-refractivity contribution in [3.8, 4) is 17.0 Å². The Morgan fingerprint density at radius 3 is 2.54 bits per heavy atom. The average molecular weight is 350 g/mol. The zero-order valence-corrected chi connectivity index (χ0v) is 14.9. The molecule has 0 unspecified atom stereocenters. The van der Waals surface area contributed by atoms with Crippen LogP contribution in [0.5, 0.6) is 5.75 Å². The monoisotopic (exact) mass is 350 g/mol. The normalized spacial score (nSPS) is 10.4. The number of urea groups is 1. The maximum atomic E-state index is 12.1. The number of aryl methyl sites for hydroxylation is 1. The number of carbonyl (C=O) groups excluding carboxylic acids is 1. The summed E-state index contributed by atoms with van der Waals surface area (Å²) in [5.74, 6) is 1.34. The molecule has 0 aliphatic rings. The highest BCUT2D eigenvalue weighted by Crippen LogP contribution is 2.21. The van der Waals surface area contributed by atoms with E-state index in [0.717, 1.165) is 29.0 Å². The number of aromatic nitrogens is 2. The third kappa shape index (κ3) is 4.42. The smallest absolute Gasteiger partial charge is 0.320 e. The third-order valence-electron chi connectivity index (χ3n) is 4.05. The van der Waals surface area contributed by atoms with Crippen LogP contribution in [0.1, 0.15) is 5.56 Å². The highest BCUT2D eigenvalue weighted by Gasteiger charge is 2.09. The average Bonchev–Trinajstić information content (AvgIpc) is 3.03. The zero-order chi connectivity index (χ0) is 18.4. The molecule has 0 fully saturated rings. The summed E-state index contributed by atoms with van der Waals surface area (Å²) < 4.78 is 6.89. The number of amides is 2. The van der Waals surface area contributed by atoms with Crippen molar-refractivity contribution < 1.29 is 9.53 Å². The van der Waals surface area contributed by atoms with E-state index in [-0.39, 0.29) is 6.03 Å². The lowest BCUT2D eigenvalue weighted by Crippen LogP contribution is -2.30. The maximum absolute atomic E-state index is 12.1. The molecule has 0 saturated carbocycles. The maximum Gasteiger partial charge on any atom is 0.320 e. The van der Waals surface area contributed by atoms with Crippen LogP contribution < -0.4 is 15.4 Å². The molecule has 1 heterocycles. The van der Waals surface area contributed by atoms with Gasteiger partial charge in [0.05, 0.1) is 12.8 Å². The summed E-state index contributed by atoms with van der Waals surface area (Å²) in [6, 6.07) is 19.3. The lowest BCUT2D eigenvalue weighted by molar-refractivity contribution is 0.252. The molecule has 1 aromatic heterocycles. The van der Waals surface area contributed by atoms with Crippen LogP contribution in [0.3, 0.4) is 0 Å². The lowest BCUT2D eigenvalue weighted by Gasteiger charge is -2.06.